The fourth-order valence-electron chi connectivity index (χ4n) is 2.49. The Morgan fingerprint density at radius 2 is 1.94 bits per heavy atom. The summed E-state index contributed by atoms with van der Waals surface area (Å²) in [5.41, 5.74) is -1.20. The van der Waals surface area contributed by atoms with Crippen molar-refractivity contribution in [2.45, 2.75) is 31.3 Å². The van der Waals surface area contributed by atoms with Crippen molar-refractivity contribution in [3.8, 4) is 5.75 Å². The van der Waals surface area contributed by atoms with Gasteiger partial charge in [0.05, 0.1) is 11.5 Å². The number of hydrogen-bond acceptors (Lipinski definition) is 3. The highest BCUT2D eigenvalue weighted by Gasteiger charge is 2.38. The van der Waals surface area contributed by atoms with Crippen LogP contribution in [0.25, 0.3) is 0 Å². The first-order valence-electron chi connectivity index (χ1n) is 5.86. The van der Waals surface area contributed by atoms with Crippen LogP contribution in [0.5, 0.6) is 5.75 Å². The Labute approximate surface area is 104 Å². The lowest BCUT2D eigenvalue weighted by atomic mass is 9.75. The highest BCUT2D eigenvalue weighted by Crippen LogP contribution is 2.41. The molecule has 0 radical (unpaired) electrons. The van der Waals surface area contributed by atoms with E-state index in [1.54, 1.807) is 0 Å². The smallest absolute Gasteiger partial charge is 0.306 e. The van der Waals surface area contributed by atoms with Crippen LogP contribution in [-0.4, -0.2) is 21.3 Å². The topological polar surface area (TPSA) is 77.8 Å². The van der Waals surface area contributed by atoms with E-state index in [0.717, 1.165) is 6.07 Å². The summed E-state index contributed by atoms with van der Waals surface area (Å²) in [6.45, 7) is 0. The number of aromatic hydroxyl groups is 1. The summed E-state index contributed by atoms with van der Waals surface area (Å²) in [7, 11) is 0. The van der Waals surface area contributed by atoms with Gasteiger partial charge in [-0.25, -0.2) is 4.39 Å². The molecule has 1 aromatic rings. The van der Waals surface area contributed by atoms with Gasteiger partial charge in [-0.15, -0.1) is 0 Å². The standard InChI is InChI=1S/C13H15FO4/c14-11-7-9(15)1-2-10(11)13(18)5-3-8(4-6-13)12(16)17/h1-2,7-8,15,18H,3-6H2,(H,16,17). The Morgan fingerprint density at radius 3 is 2.44 bits per heavy atom. The molecule has 0 atom stereocenters. The number of aliphatic hydroxyl groups is 1. The van der Waals surface area contributed by atoms with Crippen LogP contribution in [-0.2, 0) is 10.4 Å². The van der Waals surface area contributed by atoms with E-state index in [9.17, 15) is 14.3 Å². The van der Waals surface area contributed by atoms with Gasteiger partial charge in [-0.3, -0.25) is 4.79 Å². The van der Waals surface area contributed by atoms with Crippen LogP contribution >= 0.6 is 0 Å². The maximum Gasteiger partial charge on any atom is 0.306 e. The van der Waals surface area contributed by atoms with E-state index >= 15 is 0 Å². The molecule has 3 N–H and O–H groups in total. The molecule has 0 unspecified atom stereocenters. The molecule has 1 saturated carbocycles. The van der Waals surface area contributed by atoms with Crippen LogP contribution < -0.4 is 0 Å². The summed E-state index contributed by atoms with van der Waals surface area (Å²) in [6.07, 6.45) is 1.08. The van der Waals surface area contributed by atoms with Crippen LogP contribution in [0.15, 0.2) is 18.2 Å². The van der Waals surface area contributed by atoms with E-state index in [4.69, 9.17) is 10.2 Å². The minimum Gasteiger partial charge on any atom is -0.508 e. The minimum absolute atomic E-state index is 0.129. The second-order valence-electron chi connectivity index (χ2n) is 4.81. The van der Waals surface area contributed by atoms with Crippen molar-refractivity contribution < 1.29 is 24.5 Å². The van der Waals surface area contributed by atoms with Gasteiger partial charge in [-0.1, -0.05) is 0 Å². The average molecular weight is 254 g/mol. The lowest BCUT2D eigenvalue weighted by Crippen LogP contribution is -2.34. The normalized spacial score (nSPS) is 28.0. The molecule has 2 rings (SSSR count). The monoisotopic (exact) mass is 254 g/mol. The summed E-state index contributed by atoms with van der Waals surface area (Å²) in [5.74, 6) is -2.20. The number of carboxylic acids is 1. The molecular weight excluding hydrogens is 239 g/mol. The number of carboxylic acid groups (broad SMARTS) is 1. The molecule has 0 aromatic heterocycles. The number of aliphatic carboxylic acids is 1. The van der Waals surface area contributed by atoms with Gasteiger partial charge in [0.2, 0.25) is 0 Å². The maximum atomic E-state index is 13.7. The summed E-state index contributed by atoms with van der Waals surface area (Å²) in [6, 6.07) is 3.63. The Kier molecular flexibility index (Phi) is 3.26. The molecule has 0 saturated heterocycles. The molecular formula is C13H15FO4. The van der Waals surface area contributed by atoms with Crippen LogP contribution in [0.2, 0.25) is 0 Å². The van der Waals surface area contributed by atoms with Crippen LogP contribution in [0.3, 0.4) is 0 Å². The molecule has 0 bridgehead atoms. The molecule has 0 spiro atoms. The van der Waals surface area contributed by atoms with Crippen molar-refractivity contribution >= 4 is 5.97 Å². The van der Waals surface area contributed by atoms with Crippen molar-refractivity contribution in [2.75, 3.05) is 0 Å². The summed E-state index contributed by atoms with van der Waals surface area (Å²) < 4.78 is 13.7. The molecule has 1 aliphatic carbocycles. The Hall–Kier alpha value is -1.62. The fourth-order valence-corrected chi connectivity index (χ4v) is 2.49. The highest BCUT2D eigenvalue weighted by molar-refractivity contribution is 5.70. The third-order valence-corrected chi connectivity index (χ3v) is 3.62. The van der Waals surface area contributed by atoms with Crippen LogP contribution in [0, 0.1) is 11.7 Å². The van der Waals surface area contributed by atoms with Gasteiger partial charge in [0, 0.05) is 11.6 Å². The summed E-state index contributed by atoms with van der Waals surface area (Å²) >= 11 is 0. The van der Waals surface area contributed by atoms with E-state index in [-0.39, 0.29) is 24.2 Å². The molecule has 18 heavy (non-hydrogen) atoms. The highest BCUT2D eigenvalue weighted by atomic mass is 19.1. The zero-order valence-electron chi connectivity index (χ0n) is 9.77. The van der Waals surface area contributed by atoms with Crippen molar-refractivity contribution in [1.82, 2.24) is 0 Å². The Bertz CT molecular complexity index is 464. The minimum atomic E-state index is -1.33. The third-order valence-electron chi connectivity index (χ3n) is 3.62. The average Bonchev–Trinajstić information content (AvgIpc) is 2.29. The fraction of sp³-hybridized carbons (Fsp3) is 0.462. The molecule has 1 aromatic carbocycles. The number of phenols is 1. The quantitative estimate of drug-likeness (QED) is 0.754. The molecule has 0 amide bonds. The number of rotatable bonds is 2. The number of phenolic OH excluding ortho intramolecular Hbond substituents is 1. The van der Waals surface area contributed by atoms with Crippen molar-refractivity contribution in [1.29, 1.82) is 0 Å². The Balaban J connectivity index is 2.20. The maximum absolute atomic E-state index is 13.7. The second-order valence-corrected chi connectivity index (χ2v) is 4.81. The number of halogens is 1. The van der Waals surface area contributed by atoms with Crippen molar-refractivity contribution in [2.24, 2.45) is 5.92 Å². The summed E-state index contributed by atoms with van der Waals surface area (Å²) in [4.78, 5) is 10.8. The molecule has 0 aliphatic heterocycles. The predicted molar refractivity (Wildman–Crippen MR) is 61.6 cm³/mol. The van der Waals surface area contributed by atoms with Crippen LogP contribution in [0.4, 0.5) is 4.39 Å². The van der Waals surface area contributed by atoms with Gasteiger partial charge in [-0.2, -0.15) is 0 Å². The zero-order chi connectivity index (χ0) is 13.3. The van der Waals surface area contributed by atoms with E-state index in [0.29, 0.717) is 12.8 Å². The number of benzene rings is 1. The van der Waals surface area contributed by atoms with Gasteiger partial charge in [0.15, 0.2) is 0 Å². The first-order chi connectivity index (χ1) is 8.42. The SMILES string of the molecule is O=C(O)C1CCC(O)(c2ccc(O)cc2F)CC1. The van der Waals surface area contributed by atoms with Crippen molar-refractivity contribution in [3.05, 3.63) is 29.6 Å². The first-order valence-corrected chi connectivity index (χ1v) is 5.86. The third kappa shape index (κ3) is 2.31. The largest absolute Gasteiger partial charge is 0.508 e. The van der Waals surface area contributed by atoms with E-state index in [1.807, 2.05) is 0 Å². The van der Waals surface area contributed by atoms with Crippen molar-refractivity contribution in [3.63, 3.8) is 0 Å². The van der Waals surface area contributed by atoms with E-state index in [1.165, 1.54) is 12.1 Å². The van der Waals surface area contributed by atoms with Crippen LogP contribution in [0.1, 0.15) is 31.2 Å². The van der Waals surface area contributed by atoms with Gasteiger partial charge in [-0.05, 0) is 37.8 Å². The first kappa shape index (κ1) is 12.8. The molecule has 1 fully saturated rings. The lowest BCUT2D eigenvalue weighted by Gasteiger charge is -2.35. The number of hydrogen-bond donors (Lipinski definition) is 3. The van der Waals surface area contributed by atoms with E-state index < -0.39 is 23.3 Å². The molecule has 5 heteroatoms. The van der Waals surface area contributed by atoms with Gasteiger partial charge in [0.25, 0.3) is 0 Å². The number of carbonyl (C=O) groups is 1. The summed E-state index contributed by atoms with van der Waals surface area (Å²) in [5, 5.41) is 28.4. The van der Waals surface area contributed by atoms with Gasteiger partial charge in [0.1, 0.15) is 11.6 Å². The Morgan fingerprint density at radius 1 is 1.33 bits per heavy atom. The molecule has 0 heterocycles. The molecule has 4 nitrogen and oxygen atoms in total. The molecule has 1 aliphatic rings. The van der Waals surface area contributed by atoms with Gasteiger partial charge < -0.3 is 15.3 Å². The second kappa shape index (κ2) is 4.57. The lowest BCUT2D eigenvalue weighted by molar-refractivity contribution is -0.145. The van der Waals surface area contributed by atoms with E-state index in [2.05, 4.69) is 0 Å². The molecule has 98 valence electrons. The predicted octanol–water partition coefficient (Wildman–Crippen LogP) is 1.99. The zero-order valence-corrected chi connectivity index (χ0v) is 9.77. The van der Waals surface area contributed by atoms with Gasteiger partial charge >= 0.3 is 5.97 Å².